The molecule has 0 unspecified atom stereocenters. The maximum atomic E-state index is 10.9. The second kappa shape index (κ2) is 3.81. The molecule has 4 nitrogen and oxygen atoms in total. The van der Waals surface area contributed by atoms with E-state index >= 15 is 0 Å². The van der Waals surface area contributed by atoms with Gasteiger partial charge in [-0.15, -0.1) is 0 Å². The quantitative estimate of drug-likeness (QED) is 0.875. The lowest BCUT2D eigenvalue weighted by molar-refractivity contribution is -0.136. The molecule has 5 heteroatoms. The Hall–Kier alpha value is -1.42. The Bertz CT molecular complexity index is 475. The first-order valence-electron chi connectivity index (χ1n) is 5.52. The number of benzene rings is 1. The SMILES string of the molecule is O=C(O)Cc1c2c(c(Cl)c3c1OCC3)OCC2. The van der Waals surface area contributed by atoms with E-state index in [1.54, 1.807) is 0 Å². The maximum absolute atomic E-state index is 10.9. The molecular weight excluding hydrogens is 244 g/mol. The summed E-state index contributed by atoms with van der Waals surface area (Å²) < 4.78 is 11.0. The number of halogens is 1. The summed E-state index contributed by atoms with van der Waals surface area (Å²) in [5, 5.41) is 9.57. The minimum Gasteiger partial charge on any atom is -0.493 e. The molecule has 2 aliphatic rings. The fourth-order valence-corrected chi connectivity index (χ4v) is 2.84. The molecule has 3 rings (SSSR count). The number of fused-ring (bicyclic) bond motifs is 2. The van der Waals surface area contributed by atoms with Crippen LogP contribution < -0.4 is 9.47 Å². The van der Waals surface area contributed by atoms with Gasteiger partial charge >= 0.3 is 5.97 Å². The third-order valence-corrected chi connectivity index (χ3v) is 3.58. The van der Waals surface area contributed by atoms with Gasteiger partial charge in [0.05, 0.1) is 24.7 Å². The molecule has 0 aromatic heterocycles. The molecule has 1 N–H and O–H groups in total. The third kappa shape index (κ3) is 1.55. The highest BCUT2D eigenvalue weighted by atomic mass is 35.5. The van der Waals surface area contributed by atoms with Crippen molar-refractivity contribution in [3.63, 3.8) is 0 Å². The molecule has 1 aromatic carbocycles. The number of hydrogen-bond acceptors (Lipinski definition) is 3. The van der Waals surface area contributed by atoms with Gasteiger partial charge in [-0.05, 0) is 0 Å². The summed E-state index contributed by atoms with van der Waals surface area (Å²) in [6.07, 6.45) is 1.39. The Morgan fingerprint density at radius 2 is 1.82 bits per heavy atom. The number of hydrogen-bond donors (Lipinski definition) is 1. The number of carbonyl (C=O) groups is 1. The summed E-state index contributed by atoms with van der Waals surface area (Å²) in [5.41, 5.74) is 2.53. The minimum atomic E-state index is -0.862. The molecular formula is C12H11ClO4. The molecule has 0 spiro atoms. The lowest BCUT2D eigenvalue weighted by Gasteiger charge is -2.13. The normalized spacial score (nSPS) is 16.1. The van der Waals surface area contributed by atoms with Crippen LogP contribution in [0.2, 0.25) is 5.02 Å². The van der Waals surface area contributed by atoms with E-state index in [9.17, 15) is 4.79 Å². The van der Waals surface area contributed by atoms with Crippen molar-refractivity contribution in [2.45, 2.75) is 19.3 Å². The molecule has 0 saturated carbocycles. The molecule has 0 radical (unpaired) electrons. The standard InChI is InChI=1S/C12H11ClO4/c13-10-7-2-4-16-11(7)8(5-9(14)15)6-1-3-17-12(6)10/h1-5H2,(H,14,15). The van der Waals surface area contributed by atoms with Crippen LogP contribution in [-0.4, -0.2) is 24.3 Å². The number of rotatable bonds is 2. The highest BCUT2D eigenvalue weighted by Crippen LogP contribution is 2.47. The molecule has 0 aliphatic carbocycles. The molecule has 0 amide bonds. The summed E-state index contributed by atoms with van der Waals surface area (Å²) in [5.74, 6) is 0.466. The number of aliphatic carboxylic acids is 1. The van der Waals surface area contributed by atoms with Gasteiger partial charge in [0.25, 0.3) is 0 Å². The lowest BCUT2D eigenvalue weighted by Crippen LogP contribution is -2.05. The molecule has 90 valence electrons. The summed E-state index contributed by atoms with van der Waals surface area (Å²) in [6.45, 7) is 1.12. The van der Waals surface area contributed by atoms with Gasteiger partial charge in [-0.25, -0.2) is 0 Å². The van der Waals surface area contributed by atoms with Crippen molar-refractivity contribution >= 4 is 17.6 Å². The minimum absolute atomic E-state index is 0.0365. The van der Waals surface area contributed by atoms with E-state index in [1.807, 2.05) is 0 Å². The Morgan fingerprint density at radius 1 is 1.18 bits per heavy atom. The molecule has 17 heavy (non-hydrogen) atoms. The fraction of sp³-hybridized carbons (Fsp3) is 0.417. The maximum Gasteiger partial charge on any atom is 0.307 e. The van der Waals surface area contributed by atoms with Gasteiger partial charge in [0.1, 0.15) is 11.5 Å². The van der Waals surface area contributed by atoms with Crippen molar-refractivity contribution < 1.29 is 19.4 Å². The van der Waals surface area contributed by atoms with E-state index in [-0.39, 0.29) is 6.42 Å². The molecule has 0 saturated heterocycles. The summed E-state index contributed by atoms with van der Waals surface area (Å²) >= 11 is 6.26. The summed E-state index contributed by atoms with van der Waals surface area (Å²) in [4.78, 5) is 10.9. The Morgan fingerprint density at radius 3 is 2.53 bits per heavy atom. The average Bonchev–Trinajstić information content (AvgIpc) is 2.92. The second-order valence-corrected chi connectivity index (χ2v) is 4.55. The third-order valence-electron chi connectivity index (χ3n) is 3.18. The van der Waals surface area contributed by atoms with Crippen LogP contribution in [0.4, 0.5) is 0 Å². The largest absolute Gasteiger partial charge is 0.493 e. The Balaban J connectivity index is 2.22. The van der Waals surface area contributed by atoms with Crippen LogP contribution in [0.5, 0.6) is 11.5 Å². The Labute approximate surface area is 103 Å². The first-order chi connectivity index (χ1) is 8.18. The van der Waals surface area contributed by atoms with E-state index in [2.05, 4.69) is 0 Å². The van der Waals surface area contributed by atoms with Gasteiger partial charge in [0, 0.05) is 29.5 Å². The first-order valence-corrected chi connectivity index (χ1v) is 5.89. The van der Waals surface area contributed by atoms with Crippen molar-refractivity contribution in [2.24, 2.45) is 0 Å². The molecule has 0 bridgehead atoms. The van der Waals surface area contributed by atoms with E-state index in [4.69, 9.17) is 26.2 Å². The molecule has 0 fully saturated rings. The van der Waals surface area contributed by atoms with Crippen LogP contribution in [0.1, 0.15) is 16.7 Å². The number of carboxylic acid groups (broad SMARTS) is 1. The van der Waals surface area contributed by atoms with Crippen molar-refractivity contribution in [1.29, 1.82) is 0 Å². The van der Waals surface area contributed by atoms with E-state index in [1.165, 1.54) is 0 Å². The second-order valence-electron chi connectivity index (χ2n) is 4.18. The predicted molar refractivity (Wildman–Crippen MR) is 61.2 cm³/mol. The number of ether oxygens (including phenoxy) is 2. The van der Waals surface area contributed by atoms with Gasteiger partial charge in [-0.2, -0.15) is 0 Å². The molecule has 2 heterocycles. The van der Waals surface area contributed by atoms with Crippen molar-refractivity contribution in [3.05, 3.63) is 21.7 Å². The average molecular weight is 255 g/mol. The van der Waals surface area contributed by atoms with Gasteiger partial charge in [0.15, 0.2) is 0 Å². The number of carboxylic acids is 1. The fourth-order valence-electron chi connectivity index (χ4n) is 2.49. The smallest absolute Gasteiger partial charge is 0.307 e. The molecule has 2 aliphatic heterocycles. The van der Waals surface area contributed by atoms with E-state index in [0.29, 0.717) is 36.2 Å². The Kier molecular flexibility index (Phi) is 2.40. The molecule has 0 atom stereocenters. The zero-order chi connectivity index (χ0) is 12.0. The molecule has 1 aromatic rings. The van der Waals surface area contributed by atoms with Crippen LogP contribution in [0.25, 0.3) is 0 Å². The van der Waals surface area contributed by atoms with E-state index in [0.717, 1.165) is 23.1 Å². The van der Waals surface area contributed by atoms with Gasteiger partial charge in [-0.3, -0.25) is 4.79 Å². The highest BCUT2D eigenvalue weighted by Gasteiger charge is 2.31. The van der Waals surface area contributed by atoms with Gasteiger partial charge in [-0.1, -0.05) is 11.6 Å². The van der Waals surface area contributed by atoms with Crippen LogP contribution in [0.3, 0.4) is 0 Å². The summed E-state index contributed by atoms with van der Waals surface area (Å²) in [7, 11) is 0. The van der Waals surface area contributed by atoms with Crippen molar-refractivity contribution in [2.75, 3.05) is 13.2 Å². The zero-order valence-corrected chi connectivity index (χ0v) is 9.84. The monoisotopic (exact) mass is 254 g/mol. The zero-order valence-electron chi connectivity index (χ0n) is 9.09. The van der Waals surface area contributed by atoms with E-state index < -0.39 is 5.97 Å². The van der Waals surface area contributed by atoms with Crippen molar-refractivity contribution in [1.82, 2.24) is 0 Å². The van der Waals surface area contributed by atoms with Crippen molar-refractivity contribution in [3.8, 4) is 11.5 Å². The van der Waals surface area contributed by atoms with Crippen LogP contribution in [-0.2, 0) is 24.1 Å². The van der Waals surface area contributed by atoms with Gasteiger partial charge < -0.3 is 14.6 Å². The van der Waals surface area contributed by atoms with Gasteiger partial charge in [0.2, 0.25) is 0 Å². The van der Waals surface area contributed by atoms with Crippen LogP contribution >= 0.6 is 11.6 Å². The first kappa shape index (κ1) is 10.7. The van der Waals surface area contributed by atoms with Crippen LogP contribution in [0, 0.1) is 0 Å². The highest BCUT2D eigenvalue weighted by molar-refractivity contribution is 6.33. The predicted octanol–water partition coefficient (Wildman–Crippen LogP) is 1.84. The van der Waals surface area contributed by atoms with Crippen LogP contribution in [0.15, 0.2) is 0 Å². The lowest BCUT2D eigenvalue weighted by atomic mass is 9.97. The topological polar surface area (TPSA) is 55.8 Å². The summed E-state index contributed by atoms with van der Waals surface area (Å²) in [6, 6.07) is 0.